The Morgan fingerprint density at radius 3 is 2.44 bits per heavy atom. The lowest BCUT2D eigenvalue weighted by Gasteiger charge is -2.59. The number of carbonyl (C=O) groups is 3. The Hall–Kier alpha value is -1.93. The summed E-state index contributed by atoms with van der Waals surface area (Å²) in [5, 5.41) is 0. The Labute approximate surface area is 188 Å². The molecule has 0 aromatic rings. The average Bonchev–Trinajstić information content (AvgIpc) is 3.44. The zero-order chi connectivity index (χ0) is 23.5. The second-order valence-corrected chi connectivity index (χ2v) is 10.4. The predicted octanol–water partition coefficient (Wildman–Crippen LogP) is 2.72. The molecule has 2 saturated heterocycles. The molecule has 0 radical (unpaired) electrons. The van der Waals surface area contributed by atoms with Crippen LogP contribution >= 0.6 is 0 Å². The summed E-state index contributed by atoms with van der Waals surface area (Å²) in [5.41, 5.74) is -1.18. The van der Waals surface area contributed by atoms with Gasteiger partial charge < -0.3 is 23.7 Å². The number of hydrogen-bond acceptors (Lipinski definition) is 8. The Balaban J connectivity index is 1.76. The molecule has 0 amide bonds. The van der Waals surface area contributed by atoms with Crippen LogP contribution in [-0.4, -0.2) is 61.1 Å². The van der Waals surface area contributed by atoms with E-state index in [0.717, 1.165) is 5.57 Å². The van der Waals surface area contributed by atoms with Gasteiger partial charge in [-0.1, -0.05) is 26.8 Å². The number of esters is 3. The molecule has 7 atom stereocenters. The van der Waals surface area contributed by atoms with Crippen molar-refractivity contribution in [2.75, 3.05) is 13.2 Å². The van der Waals surface area contributed by atoms with E-state index < -0.39 is 34.6 Å². The smallest absolute Gasteiger partial charge is 0.306 e. The first-order chi connectivity index (χ1) is 14.9. The summed E-state index contributed by atoms with van der Waals surface area (Å²) in [6, 6.07) is 0. The first kappa shape index (κ1) is 23.2. The number of ether oxygens (including phenoxy) is 5. The van der Waals surface area contributed by atoms with Crippen LogP contribution in [0.2, 0.25) is 0 Å². The number of rotatable bonds is 6. The summed E-state index contributed by atoms with van der Waals surface area (Å²) in [4.78, 5) is 36.4. The van der Waals surface area contributed by atoms with E-state index in [1.165, 1.54) is 13.8 Å². The first-order valence-electron chi connectivity index (χ1n) is 11.4. The minimum atomic E-state index is -0.787. The second kappa shape index (κ2) is 7.83. The van der Waals surface area contributed by atoms with E-state index in [-0.39, 0.29) is 36.7 Å². The van der Waals surface area contributed by atoms with Gasteiger partial charge in [-0.15, -0.1) is 0 Å². The monoisotopic (exact) mass is 450 g/mol. The molecule has 2 heterocycles. The number of hydrogen-bond donors (Lipinski definition) is 0. The van der Waals surface area contributed by atoms with E-state index in [2.05, 4.69) is 0 Å². The van der Waals surface area contributed by atoms with Gasteiger partial charge in [0.2, 0.25) is 0 Å². The largest absolute Gasteiger partial charge is 0.465 e. The van der Waals surface area contributed by atoms with E-state index in [1.807, 2.05) is 33.8 Å². The van der Waals surface area contributed by atoms with Crippen molar-refractivity contribution in [3.63, 3.8) is 0 Å². The predicted molar refractivity (Wildman–Crippen MR) is 112 cm³/mol. The maximum atomic E-state index is 12.5. The fourth-order valence-electron chi connectivity index (χ4n) is 6.23. The summed E-state index contributed by atoms with van der Waals surface area (Å²) < 4.78 is 29.9. The first-order valence-corrected chi connectivity index (χ1v) is 11.4. The maximum absolute atomic E-state index is 12.5. The lowest BCUT2D eigenvalue weighted by atomic mass is 9.51. The van der Waals surface area contributed by atoms with Crippen LogP contribution in [-0.2, 0) is 38.1 Å². The van der Waals surface area contributed by atoms with Gasteiger partial charge in [0.1, 0.15) is 24.4 Å². The van der Waals surface area contributed by atoms with E-state index >= 15 is 0 Å². The van der Waals surface area contributed by atoms with Crippen molar-refractivity contribution in [1.29, 1.82) is 0 Å². The average molecular weight is 451 g/mol. The van der Waals surface area contributed by atoms with E-state index in [4.69, 9.17) is 23.7 Å². The van der Waals surface area contributed by atoms with Crippen LogP contribution < -0.4 is 0 Å². The summed E-state index contributed by atoms with van der Waals surface area (Å²) >= 11 is 0. The highest BCUT2D eigenvalue weighted by Gasteiger charge is 2.83. The molecule has 32 heavy (non-hydrogen) atoms. The van der Waals surface area contributed by atoms with Gasteiger partial charge in [-0.25, -0.2) is 0 Å². The zero-order valence-corrected chi connectivity index (χ0v) is 19.8. The molecule has 0 aromatic heterocycles. The van der Waals surface area contributed by atoms with Crippen LogP contribution in [0.3, 0.4) is 0 Å². The van der Waals surface area contributed by atoms with E-state index in [0.29, 0.717) is 25.9 Å². The van der Waals surface area contributed by atoms with Gasteiger partial charge in [-0.3, -0.25) is 14.4 Å². The molecular weight excluding hydrogens is 416 g/mol. The number of fused-ring (bicyclic) bond motifs is 2. The molecule has 178 valence electrons. The van der Waals surface area contributed by atoms with Crippen molar-refractivity contribution in [3.8, 4) is 0 Å². The van der Waals surface area contributed by atoms with Gasteiger partial charge in [0.15, 0.2) is 0 Å². The molecule has 1 spiro atoms. The van der Waals surface area contributed by atoms with Crippen LogP contribution in [0, 0.1) is 16.7 Å². The normalized spacial score (nSPS) is 41.7. The van der Waals surface area contributed by atoms with Crippen molar-refractivity contribution >= 4 is 17.9 Å². The fourth-order valence-corrected chi connectivity index (χ4v) is 6.23. The maximum Gasteiger partial charge on any atom is 0.306 e. The van der Waals surface area contributed by atoms with Crippen molar-refractivity contribution in [3.05, 3.63) is 11.6 Å². The standard InChI is InChI=1S/C24H34O8/c1-13(2)7-21(27)31-17-10-23(11-28-15(4)25)19(8-14(17)3)32-20-9-18(30-16(5)26)22(23,6)24(20)12-29-24/h8,13,17-20H,7,9-12H2,1-6H3/t17-,18+,19+,20+,22+,23+,24-/m0/s1. The third-order valence-corrected chi connectivity index (χ3v) is 7.98. The molecule has 1 saturated carbocycles. The van der Waals surface area contributed by atoms with Crippen LogP contribution in [0.4, 0.5) is 0 Å². The minimum Gasteiger partial charge on any atom is -0.465 e. The Morgan fingerprint density at radius 1 is 1.19 bits per heavy atom. The second-order valence-electron chi connectivity index (χ2n) is 10.4. The highest BCUT2D eigenvalue weighted by atomic mass is 16.6. The third kappa shape index (κ3) is 3.37. The summed E-state index contributed by atoms with van der Waals surface area (Å²) in [7, 11) is 0. The van der Waals surface area contributed by atoms with E-state index in [1.54, 1.807) is 0 Å². The molecule has 4 rings (SSSR count). The lowest BCUT2D eigenvalue weighted by Crippen LogP contribution is -2.68. The van der Waals surface area contributed by atoms with E-state index in [9.17, 15) is 14.4 Å². The van der Waals surface area contributed by atoms with Crippen LogP contribution in [0.1, 0.15) is 60.8 Å². The number of carbonyl (C=O) groups excluding carboxylic acids is 3. The van der Waals surface area contributed by atoms with Crippen LogP contribution in [0.25, 0.3) is 0 Å². The zero-order valence-electron chi connectivity index (χ0n) is 19.8. The van der Waals surface area contributed by atoms with Crippen LogP contribution in [0.15, 0.2) is 11.6 Å². The molecule has 8 nitrogen and oxygen atoms in total. The minimum absolute atomic E-state index is 0.0567. The molecule has 3 fully saturated rings. The van der Waals surface area contributed by atoms with Crippen molar-refractivity contribution < 1.29 is 38.1 Å². The molecular formula is C24H34O8. The van der Waals surface area contributed by atoms with Gasteiger partial charge in [0, 0.05) is 33.1 Å². The number of epoxide rings is 1. The summed E-state index contributed by atoms with van der Waals surface area (Å²) in [6.07, 6.45) is 1.65. The van der Waals surface area contributed by atoms with Gasteiger partial charge >= 0.3 is 17.9 Å². The molecule has 8 heteroatoms. The molecule has 2 aliphatic heterocycles. The quantitative estimate of drug-likeness (QED) is 0.264. The Morgan fingerprint density at radius 2 is 1.88 bits per heavy atom. The molecule has 2 bridgehead atoms. The lowest BCUT2D eigenvalue weighted by molar-refractivity contribution is -0.240. The van der Waals surface area contributed by atoms with Gasteiger partial charge in [0.25, 0.3) is 0 Å². The van der Waals surface area contributed by atoms with Crippen molar-refractivity contribution in [2.24, 2.45) is 16.7 Å². The van der Waals surface area contributed by atoms with Gasteiger partial charge in [0.05, 0.1) is 29.6 Å². The Bertz CT molecular complexity index is 843. The van der Waals surface area contributed by atoms with Crippen molar-refractivity contribution in [1.82, 2.24) is 0 Å². The summed E-state index contributed by atoms with van der Waals surface area (Å²) in [5.74, 6) is -0.864. The molecule has 0 N–H and O–H groups in total. The van der Waals surface area contributed by atoms with Crippen LogP contribution in [0.5, 0.6) is 0 Å². The summed E-state index contributed by atoms with van der Waals surface area (Å²) in [6.45, 7) is 11.2. The molecule has 0 aromatic carbocycles. The van der Waals surface area contributed by atoms with Crippen molar-refractivity contribution in [2.45, 2.75) is 90.8 Å². The molecule has 4 aliphatic rings. The fraction of sp³-hybridized carbons (Fsp3) is 0.792. The highest BCUT2D eigenvalue weighted by molar-refractivity contribution is 5.70. The SMILES string of the molecule is CC(=O)OC[C@]12C[C@H](OC(=O)CC(C)C)C(C)=C[C@H]1O[C@@H]1C[C@@H](OC(C)=O)[C@@]2(C)[C@]12CO2. The third-order valence-electron chi connectivity index (χ3n) is 7.98. The Kier molecular flexibility index (Phi) is 5.69. The van der Waals surface area contributed by atoms with Gasteiger partial charge in [-0.2, -0.15) is 0 Å². The molecule has 0 unspecified atom stereocenters. The van der Waals surface area contributed by atoms with Gasteiger partial charge in [-0.05, 0) is 18.4 Å². The molecule has 2 aliphatic carbocycles. The highest BCUT2D eigenvalue weighted by Crippen LogP contribution is 2.72. The topological polar surface area (TPSA) is 101 Å².